The van der Waals surface area contributed by atoms with Gasteiger partial charge in [-0.15, -0.1) is 0 Å². The van der Waals surface area contributed by atoms with Gasteiger partial charge in [0.15, 0.2) is 0 Å². The molecule has 16 heavy (non-hydrogen) atoms. The fourth-order valence-electron chi connectivity index (χ4n) is 1.02. The summed E-state index contributed by atoms with van der Waals surface area (Å²) in [4.78, 5) is 21.2. The van der Waals surface area contributed by atoms with Crippen LogP contribution in [0.1, 0.15) is 19.3 Å². The first-order chi connectivity index (χ1) is 7.30. The van der Waals surface area contributed by atoms with E-state index in [0.29, 0.717) is 0 Å². The SMILES string of the molecule is NC(=O)C[C@H](NS(=O)(=O)NC1CC1)C(=O)O. The highest BCUT2D eigenvalue weighted by atomic mass is 32.2. The first-order valence-electron chi connectivity index (χ1n) is 4.61. The molecule has 1 atom stereocenters. The third kappa shape index (κ3) is 4.55. The summed E-state index contributed by atoms with van der Waals surface area (Å²) in [6, 6.07) is -1.67. The molecule has 0 saturated heterocycles. The molecule has 0 aromatic heterocycles. The Morgan fingerprint density at radius 3 is 2.38 bits per heavy atom. The second kappa shape index (κ2) is 4.76. The predicted octanol–water partition coefficient (Wildman–Crippen LogP) is -2.10. The molecule has 0 aliphatic heterocycles. The van der Waals surface area contributed by atoms with Crippen molar-refractivity contribution in [1.29, 1.82) is 0 Å². The number of primary amides is 1. The third-order valence-electron chi connectivity index (χ3n) is 1.90. The maximum absolute atomic E-state index is 11.3. The Morgan fingerprint density at radius 2 is 2.00 bits per heavy atom. The molecule has 0 aromatic rings. The Morgan fingerprint density at radius 1 is 1.44 bits per heavy atom. The van der Waals surface area contributed by atoms with Crippen LogP contribution < -0.4 is 15.2 Å². The number of hydrogen-bond acceptors (Lipinski definition) is 4. The molecule has 9 heteroatoms. The molecule has 0 radical (unpaired) electrons. The zero-order valence-corrected chi connectivity index (χ0v) is 9.16. The standard InChI is InChI=1S/C7H13N3O5S/c8-6(11)3-5(7(12)13)10-16(14,15)9-4-1-2-4/h4-5,9-10H,1-3H2,(H2,8,11)(H,12,13)/t5-/m0/s1. The molecule has 0 spiro atoms. The Bertz CT molecular complexity index is 389. The van der Waals surface area contributed by atoms with Crippen molar-refractivity contribution >= 4 is 22.1 Å². The van der Waals surface area contributed by atoms with Gasteiger partial charge in [-0.2, -0.15) is 17.9 Å². The smallest absolute Gasteiger partial charge is 0.322 e. The van der Waals surface area contributed by atoms with E-state index in [1.54, 1.807) is 0 Å². The minimum atomic E-state index is -3.90. The van der Waals surface area contributed by atoms with Gasteiger partial charge in [-0.05, 0) is 12.8 Å². The Kier molecular flexibility index (Phi) is 3.83. The molecular weight excluding hydrogens is 238 g/mol. The van der Waals surface area contributed by atoms with E-state index in [2.05, 4.69) is 4.72 Å². The molecule has 8 nitrogen and oxygen atoms in total. The van der Waals surface area contributed by atoms with Crippen molar-refractivity contribution < 1.29 is 23.1 Å². The molecule has 0 heterocycles. The van der Waals surface area contributed by atoms with Gasteiger partial charge in [0, 0.05) is 6.04 Å². The van der Waals surface area contributed by atoms with Crippen LogP contribution in [0, 0.1) is 0 Å². The lowest BCUT2D eigenvalue weighted by Crippen LogP contribution is -2.48. The maximum atomic E-state index is 11.3. The second-order valence-corrected chi connectivity index (χ2v) is 5.05. The molecule has 0 unspecified atom stereocenters. The van der Waals surface area contributed by atoms with Gasteiger partial charge in [-0.3, -0.25) is 9.59 Å². The zero-order valence-electron chi connectivity index (χ0n) is 8.34. The van der Waals surface area contributed by atoms with Crippen LogP contribution in [0.2, 0.25) is 0 Å². The van der Waals surface area contributed by atoms with E-state index in [1.807, 2.05) is 4.72 Å². The number of rotatable bonds is 7. The minimum Gasteiger partial charge on any atom is -0.480 e. The average Bonchev–Trinajstić information content (AvgIpc) is 2.84. The lowest BCUT2D eigenvalue weighted by atomic mass is 10.2. The van der Waals surface area contributed by atoms with Crippen molar-refractivity contribution in [3.8, 4) is 0 Å². The fraction of sp³-hybridized carbons (Fsp3) is 0.714. The molecule has 1 aliphatic rings. The summed E-state index contributed by atoms with van der Waals surface area (Å²) in [6.07, 6.45) is 0.879. The molecule has 1 fully saturated rings. The maximum Gasteiger partial charge on any atom is 0.322 e. The van der Waals surface area contributed by atoms with Crippen molar-refractivity contribution in [1.82, 2.24) is 9.44 Å². The van der Waals surface area contributed by atoms with Gasteiger partial charge in [0.05, 0.1) is 6.42 Å². The highest BCUT2D eigenvalue weighted by molar-refractivity contribution is 7.87. The van der Waals surface area contributed by atoms with Crippen molar-refractivity contribution in [2.75, 3.05) is 0 Å². The number of aliphatic carboxylic acids is 1. The van der Waals surface area contributed by atoms with Gasteiger partial charge in [-0.1, -0.05) is 0 Å². The molecule has 0 bridgehead atoms. The fourth-order valence-corrected chi connectivity index (χ4v) is 2.32. The summed E-state index contributed by atoms with van der Waals surface area (Å²) >= 11 is 0. The summed E-state index contributed by atoms with van der Waals surface area (Å²) in [7, 11) is -3.90. The van der Waals surface area contributed by atoms with Gasteiger partial charge >= 0.3 is 5.97 Å². The molecule has 1 rings (SSSR count). The van der Waals surface area contributed by atoms with Gasteiger partial charge in [0.25, 0.3) is 10.2 Å². The highest BCUT2D eigenvalue weighted by Crippen LogP contribution is 2.19. The second-order valence-electron chi connectivity index (χ2n) is 3.57. The third-order valence-corrected chi connectivity index (χ3v) is 3.14. The van der Waals surface area contributed by atoms with E-state index in [9.17, 15) is 18.0 Å². The van der Waals surface area contributed by atoms with E-state index in [0.717, 1.165) is 12.8 Å². The number of nitrogens with one attached hydrogen (secondary N) is 2. The van der Waals surface area contributed by atoms with Gasteiger partial charge < -0.3 is 10.8 Å². The molecule has 92 valence electrons. The van der Waals surface area contributed by atoms with Crippen LogP contribution in [-0.4, -0.2) is 37.5 Å². The van der Waals surface area contributed by atoms with Crippen molar-refractivity contribution in [2.24, 2.45) is 5.73 Å². The van der Waals surface area contributed by atoms with Crippen molar-refractivity contribution in [3.63, 3.8) is 0 Å². The van der Waals surface area contributed by atoms with E-state index in [1.165, 1.54) is 0 Å². The number of carbonyl (C=O) groups is 2. The number of amides is 1. The molecule has 1 saturated carbocycles. The van der Waals surface area contributed by atoms with Crippen LogP contribution in [0.5, 0.6) is 0 Å². The summed E-state index contributed by atoms with van der Waals surface area (Å²) in [5.74, 6) is -2.33. The molecule has 1 amide bonds. The Hall–Kier alpha value is -1.19. The number of carboxylic acid groups (broad SMARTS) is 1. The monoisotopic (exact) mass is 251 g/mol. The predicted molar refractivity (Wildman–Crippen MR) is 53.4 cm³/mol. The first-order valence-corrected chi connectivity index (χ1v) is 6.09. The largest absolute Gasteiger partial charge is 0.480 e. The van der Waals surface area contributed by atoms with Crippen LogP contribution in [0.25, 0.3) is 0 Å². The molecular formula is C7H13N3O5S. The number of hydrogen-bond donors (Lipinski definition) is 4. The van der Waals surface area contributed by atoms with E-state index < -0.39 is 34.5 Å². The number of nitrogens with two attached hydrogens (primary N) is 1. The zero-order chi connectivity index (χ0) is 12.3. The summed E-state index contributed by atoms with van der Waals surface area (Å²) in [6.45, 7) is 0. The minimum absolute atomic E-state index is 0.138. The van der Waals surface area contributed by atoms with Gasteiger partial charge in [0.1, 0.15) is 6.04 Å². The molecule has 5 N–H and O–H groups in total. The quantitative estimate of drug-likeness (QED) is 0.410. The molecule has 0 aromatic carbocycles. The average molecular weight is 251 g/mol. The van der Waals surface area contributed by atoms with E-state index in [-0.39, 0.29) is 6.04 Å². The normalized spacial score (nSPS) is 18.0. The molecule has 1 aliphatic carbocycles. The van der Waals surface area contributed by atoms with E-state index in [4.69, 9.17) is 10.8 Å². The van der Waals surface area contributed by atoms with Gasteiger partial charge in [0.2, 0.25) is 5.91 Å². The summed E-state index contributed by atoms with van der Waals surface area (Å²) in [5.41, 5.74) is 4.81. The first kappa shape index (κ1) is 12.9. The van der Waals surface area contributed by atoms with Crippen molar-refractivity contribution in [2.45, 2.75) is 31.3 Å². The van der Waals surface area contributed by atoms with E-state index >= 15 is 0 Å². The van der Waals surface area contributed by atoms with Crippen LogP contribution >= 0.6 is 0 Å². The summed E-state index contributed by atoms with van der Waals surface area (Å²) in [5, 5.41) is 8.67. The van der Waals surface area contributed by atoms with Gasteiger partial charge in [-0.25, -0.2) is 0 Å². The number of carboxylic acids is 1. The lowest BCUT2D eigenvalue weighted by molar-refractivity contribution is -0.140. The summed E-state index contributed by atoms with van der Waals surface area (Å²) < 4.78 is 26.8. The van der Waals surface area contributed by atoms with Crippen LogP contribution in [0.3, 0.4) is 0 Å². The Labute approximate surface area is 92.4 Å². The number of carbonyl (C=O) groups excluding carboxylic acids is 1. The Balaban J connectivity index is 2.58. The highest BCUT2D eigenvalue weighted by Gasteiger charge is 2.31. The van der Waals surface area contributed by atoms with Crippen LogP contribution in [0.4, 0.5) is 0 Å². The van der Waals surface area contributed by atoms with Crippen LogP contribution in [0.15, 0.2) is 0 Å². The van der Waals surface area contributed by atoms with Crippen molar-refractivity contribution in [3.05, 3.63) is 0 Å². The van der Waals surface area contributed by atoms with Crippen LogP contribution in [-0.2, 0) is 19.8 Å². The topological polar surface area (TPSA) is 139 Å². The lowest BCUT2D eigenvalue weighted by Gasteiger charge is -2.13.